The Morgan fingerprint density at radius 1 is 1.11 bits per heavy atom. The van der Waals surface area contributed by atoms with Crippen molar-refractivity contribution in [3.05, 3.63) is 66.5 Å². The van der Waals surface area contributed by atoms with Crippen LogP contribution in [0.25, 0.3) is 11.1 Å². The second kappa shape index (κ2) is 11.4. The van der Waals surface area contributed by atoms with E-state index in [2.05, 4.69) is 45.2 Å². The normalized spacial score (nSPS) is 19.2. The predicted molar refractivity (Wildman–Crippen MR) is 148 cm³/mol. The van der Waals surface area contributed by atoms with Crippen LogP contribution in [0.15, 0.2) is 60.9 Å². The number of H-pyrrole nitrogens is 1. The lowest BCUT2D eigenvalue weighted by molar-refractivity contribution is -0.113. The Morgan fingerprint density at radius 3 is 2.45 bits per heavy atom. The van der Waals surface area contributed by atoms with E-state index in [0.717, 1.165) is 73.2 Å². The summed E-state index contributed by atoms with van der Waals surface area (Å²) in [7, 11) is 3.83. The highest BCUT2D eigenvalue weighted by molar-refractivity contribution is 5.95. The number of aromatic amines is 1. The molecule has 0 atom stereocenters. The number of carbonyl (C=O) groups is 2. The highest BCUT2D eigenvalue weighted by atomic mass is 16.5. The molecule has 1 N–H and O–H groups in total. The van der Waals surface area contributed by atoms with Crippen LogP contribution < -0.4 is 9.64 Å². The fourth-order valence-corrected chi connectivity index (χ4v) is 5.47. The highest BCUT2D eigenvalue weighted by Gasteiger charge is 2.50. The highest BCUT2D eigenvalue weighted by Crippen LogP contribution is 2.39. The number of likely N-dealkylation sites (tertiary alicyclic amines) is 1. The van der Waals surface area contributed by atoms with Gasteiger partial charge in [-0.2, -0.15) is 5.10 Å². The molecule has 3 heterocycles. The summed E-state index contributed by atoms with van der Waals surface area (Å²) in [4.78, 5) is 29.9. The van der Waals surface area contributed by atoms with Crippen LogP contribution in [-0.4, -0.2) is 71.6 Å². The third-order valence-electron chi connectivity index (χ3n) is 8.23. The van der Waals surface area contributed by atoms with Crippen molar-refractivity contribution in [1.82, 2.24) is 20.0 Å². The average molecular weight is 516 g/mol. The Hall–Kier alpha value is -3.65. The molecule has 0 bridgehead atoms. The maximum Gasteiger partial charge on any atom is 0.325 e. The molecule has 2 aliphatic heterocycles. The van der Waals surface area contributed by atoms with E-state index in [4.69, 9.17) is 4.74 Å². The van der Waals surface area contributed by atoms with Crippen LogP contribution in [0.1, 0.15) is 37.7 Å². The van der Waals surface area contributed by atoms with Gasteiger partial charge in [0.05, 0.1) is 25.4 Å². The van der Waals surface area contributed by atoms with Crippen LogP contribution >= 0.6 is 0 Å². The topological polar surface area (TPSA) is 81.8 Å². The standard InChI is InChI=1S/C25H29N5O2.C5H8O/c1-28-12-10-25(11-13-28)18-29(22-8-6-20(7-9-22)21-15-26-27-16-21)24(31)30(25)17-19-4-3-5-23(14-19)32-2;6-4-5-2-1-3-5/h3-9,14-16H,10-13,17-18H2,1-2H3,(H,26,27);4-5H,1-3H2. The minimum absolute atomic E-state index is 0.0773. The van der Waals surface area contributed by atoms with Crippen molar-refractivity contribution in [1.29, 1.82) is 0 Å². The van der Waals surface area contributed by atoms with Crippen LogP contribution in [0.2, 0.25) is 0 Å². The van der Waals surface area contributed by atoms with Crippen molar-refractivity contribution in [2.45, 2.75) is 44.2 Å². The van der Waals surface area contributed by atoms with Crippen molar-refractivity contribution < 1.29 is 14.3 Å². The molecule has 3 aromatic rings. The van der Waals surface area contributed by atoms with Crippen molar-refractivity contribution in [2.24, 2.45) is 5.92 Å². The summed E-state index contributed by atoms with van der Waals surface area (Å²) >= 11 is 0. The molecule has 200 valence electrons. The fourth-order valence-electron chi connectivity index (χ4n) is 5.47. The van der Waals surface area contributed by atoms with Crippen LogP contribution in [-0.2, 0) is 11.3 Å². The number of rotatable bonds is 6. The van der Waals surface area contributed by atoms with Crippen LogP contribution in [0, 0.1) is 5.92 Å². The summed E-state index contributed by atoms with van der Waals surface area (Å²) in [6, 6.07) is 16.3. The van der Waals surface area contributed by atoms with Gasteiger partial charge in [0.15, 0.2) is 0 Å². The van der Waals surface area contributed by atoms with Crippen molar-refractivity contribution in [3.8, 4) is 16.9 Å². The van der Waals surface area contributed by atoms with Gasteiger partial charge >= 0.3 is 6.03 Å². The zero-order valence-electron chi connectivity index (χ0n) is 22.3. The van der Waals surface area contributed by atoms with Gasteiger partial charge in [-0.3, -0.25) is 10.00 Å². The number of anilines is 1. The minimum atomic E-state index is -0.157. The minimum Gasteiger partial charge on any atom is -0.497 e. The number of benzene rings is 2. The molecule has 3 aliphatic rings. The molecule has 0 unspecified atom stereocenters. The van der Waals surface area contributed by atoms with Gasteiger partial charge in [0.25, 0.3) is 0 Å². The second-order valence-electron chi connectivity index (χ2n) is 10.7. The van der Waals surface area contributed by atoms with Gasteiger partial charge in [0.2, 0.25) is 0 Å². The van der Waals surface area contributed by atoms with Gasteiger partial charge in [0, 0.05) is 43.0 Å². The van der Waals surface area contributed by atoms with Gasteiger partial charge in [0.1, 0.15) is 12.0 Å². The Labute approximate surface area is 224 Å². The lowest BCUT2D eigenvalue weighted by Crippen LogP contribution is -2.53. The maximum absolute atomic E-state index is 13.7. The number of piperidine rings is 1. The summed E-state index contributed by atoms with van der Waals surface area (Å²) in [6.07, 6.45) is 10.2. The molecule has 8 nitrogen and oxygen atoms in total. The molecule has 8 heteroatoms. The van der Waals surface area contributed by atoms with Gasteiger partial charge in [-0.15, -0.1) is 0 Å². The summed E-state index contributed by atoms with van der Waals surface area (Å²) in [5.74, 6) is 1.25. The Morgan fingerprint density at radius 2 is 1.87 bits per heavy atom. The largest absolute Gasteiger partial charge is 0.497 e. The number of methoxy groups -OCH3 is 1. The number of amides is 2. The van der Waals surface area contributed by atoms with Crippen LogP contribution in [0.4, 0.5) is 10.5 Å². The van der Waals surface area contributed by atoms with E-state index in [-0.39, 0.29) is 11.6 Å². The zero-order chi connectivity index (χ0) is 26.5. The molecule has 1 saturated carbocycles. The van der Waals surface area contributed by atoms with Crippen molar-refractivity contribution >= 4 is 18.0 Å². The van der Waals surface area contributed by atoms with E-state index in [9.17, 15) is 9.59 Å². The summed E-state index contributed by atoms with van der Waals surface area (Å²) < 4.78 is 5.40. The molecule has 1 aliphatic carbocycles. The number of ether oxygens (including phenoxy) is 1. The number of hydrogen-bond donors (Lipinski definition) is 1. The molecule has 1 aromatic heterocycles. The quantitative estimate of drug-likeness (QED) is 0.469. The SMILES string of the molecule is COc1cccc(CN2C(=O)N(c3ccc(-c4cn[nH]c4)cc3)CC23CCN(C)CC3)c1.O=CC1CCC1. The summed E-state index contributed by atoms with van der Waals surface area (Å²) in [6.45, 7) is 3.29. The molecule has 2 amide bonds. The van der Waals surface area contributed by atoms with E-state index in [1.165, 1.54) is 6.42 Å². The van der Waals surface area contributed by atoms with Gasteiger partial charge in [-0.25, -0.2) is 4.79 Å². The summed E-state index contributed by atoms with van der Waals surface area (Å²) in [5, 5.41) is 6.88. The molecule has 6 rings (SSSR count). The monoisotopic (exact) mass is 515 g/mol. The number of aromatic nitrogens is 2. The van der Waals surface area contributed by atoms with E-state index in [0.29, 0.717) is 19.0 Å². The van der Waals surface area contributed by atoms with Crippen LogP contribution in [0.5, 0.6) is 5.75 Å². The molecule has 1 spiro atoms. The first-order chi connectivity index (χ1) is 18.5. The third-order valence-corrected chi connectivity index (χ3v) is 8.23. The predicted octanol–water partition coefficient (Wildman–Crippen LogP) is 4.98. The number of hydrogen-bond acceptors (Lipinski definition) is 5. The first kappa shape index (κ1) is 26.0. The molecule has 38 heavy (non-hydrogen) atoms. The zero-order valence-corrected chi connectivity index (χ0v) is 22.3. The number of nitrogens with zero attached hydrogens (tertiary/aromatic N) is 4. The average Bonchev–Trinajstić information content (AvgIpc) is 3.54. The van der Waals surface area contributed by atoms with Crippen molar-refractivity contribution in [2.75, 3.05) is 38.7 Å². The first-order valence-corrected chi connectivity index (χ1v) is 13.5. The molecular formula is C30H37N5O3. The van der Waals surface area contributed by atoms with Gasteiger partial charge < -0.3 is 19.3 Å². The molecule has 3 fully saturated rings. The van der Waals surface area contributed by atoms with E-state index in [1.54, 1.807) is 13.3 Å². The maximum atomic E-state index is 13.7. The van der Waals surface area contributed by atoms with Gasteiger partial charge in [-0.05, 0) is 68.1 Å². The Kier molecular flexibility index (Phi) is 7.79. The number of nitrogens with one attached hydrogen (secondary N) is 1. The lowest BCUT2D eigenvalue weighted by atomic mass is 9.86. The van der Waals surface area contributed by atoms with E-state index >= 15 is 0 Å². The molecular weight excluding hydrogens is 478 g/mol. The van der Waals surface area contributed by atoms with E-state index < -0.39 is 0 Å². The lowest BCUT2D eigenvalue weighted by Gasteiger charge is -2.42. The Bertz CT molecular complexity index is 1210. The second-order valence-corrected chi connectivity index (χ2v) is 10.7. The number of carbonyl (C=O) groups excluding carboxylic acids is 2. The van der Waals surface area contributed by atoms with Gasteiger partial charge in [-0.1, -0.05) is 30.7 Å². The Balaban J connectivity index is 0.000000433. The molecule has 2 saturated heterocycles. The molecule has 0 radical (unpaired) electrons. The summed E-state index contributed by atoms with van der Waals surface area (Å²) in [5.41, 5.74) is 3.99. The van der Waals surface area contributed by atoms with Crippen molar-refractivity contribution in [3.63, 3.8) is 0 Å². The number of urea groups is 1. The first-order valence-electron chi connectivity index (χ1n) is 13.5. The fraction of sp³-hybridized carbons (Fsp3) is 0.433. The molecule has 2 aromatic carbocycles. The third kappa shape index (κ3) is 5.45. The number of aldehydes is 1. The van der Waals surface area contributed by atoms with Crippen LogP contribution in [0.3, 0.4) is 0 Å². The smallest absolute Gasteiger partial charge is 0.325 e. The van der Waals surface area contributed by atoms with E-state index in [1.807, 2.05) is 41.4 Å².